The van der Waals surface area contributed by atoms with Gasteiger partial charge in [0.05, 0.1) is 12.2 Å². The average Bonchev–Trinajstić information content (AvgIpc) is 3.05. The molecular formula is C22H44IN7O2. The van der Waals surface area contributed by atoms with Crippen molar-refractivity contribution < 1.29 is 9.53 Å². The number of carbonyl (C=O) groups is 1. The number of likely N-dealkylation sites (N-methyl/N-ethyl adjacent to an activating group) is 1. The summed E-state index contributed by atoms with van der Waals surface area (Å²) >= 11 is 0. The maximum atomic E-state index is 12.2. The number of carbonyl (C=O) groups excluding carboxylic acids is 1. The van der Waals surface area contributed by atoms with Crippen molar-refractivity contribution in [3.05, 3.63) is 18.0 Å². The van der Waals surface area contributed by atoms with Crippen LogP contribution < -0.4 is 10.6 Å². The summed E-state index contributed by atoms with van der Waals surface area (Å²) in [5.74, 6) is 1.11. The van der Waals surface area contributed by atoms with Gasteiger partial charge in [-0.1, -0.05) is 13.8 Å². The Bertz CT molecular complexity index is 713. The molecule has 0 aliphatic heterocycles. The van der Waals surface area contributed by atoms with Crippen molar-refractivity contribution in [3.8, 4) is 0 Å². The van der Waals surface area contributed by atoms with E-state index in [1.165, 1.54) is 0 Å². The van der Waals surface area contributed by atoms with Gasteiger partial charge in [-0.2, -0.15) is 5.10 Å². The molecule has 0 aliphatic carbocycles. The van der Waals surface area contributed by atoms with E-state index in [0.717, 1.165) is 24.5 Å². The van der Waals surface area contributed by atoms with Crippen LogP contribution in [0.15, 0.2) is 17.4 Å². The molecule has 2 N–H and O–H groups in total. The summed E-state index contributed by atoms with van der Waals surface area (Å²) in [7, 11) is 9.83. The molecule has 1 aromatic heterocycles. The van der Waals surface area contributed by atoms with E-state index in [1.54, 1.807) is 7.05 Å². The molecule has 32 heavy (non-hydrogen) atoms. The van der Waals surface area contributed by atoms with Crippen LogP contribution in [0.25, 0.3) is 0 Å². The fraction of sp³-hybridized carbons (Fsp3) is 0.773. The molecule has 0 aliphatic rings. The number of nitrogens with zero attached hydrogens (tertiary/aromatic N) is 5. The van der Waals surface area contributed by atoms with Crippen LogP contribution in [-0.2, 0) is 11.8 Å². The number of rotatable bonds is 9. The zero-order valence-electron chi connectivity index (χ0n) is 21.5. The van der Waals surface area contributed by atoms with Gasteiger partial charge in [-0.05, 0) is 47.2 Å². The van der Waals surface area contributed by atoms with Crippen molar-refractivity contribution >= 4 is 36.0 Å². The lowest BCUT2D eigenvalue weighted by Crippen LogP contribution is -2.46. The van der Waals surface area contributed by atoms with Gasteiger partial charge in [0.25, 0.3) is 0 Å². The highest BCUT2D eigenvalue weighted by atomic mass is 127. The lowest BCUT2D eigenvalue weighted by molar-refractivity contribution is 0.0486. The van der Waals surface area contributed by atoms with Gasteiger partial charge in [-0.3, -0.25) is 9.67 Å². The third-order valence-electron chi connectivity index (χ3n) is 5.04. The number of aryl methyl sites for hydroxylation is 1. The zero-order chi connectivity index (χ0) is 23.8. The summed E-state index contributed by atoms with van der Waals surface area (Å²) in [4.78, 5) is 20.9. The smallest absolute Gasteiger partial charge is 0.407 e. The van der Waals surface area contributed by atoms with Crippen molar-refractivity contribution in [2.24, 2.45) is 18.0 Å². The number of hydrogen-bond donors (Lipinski definition) is 2. The highest BCUT2D eigenvalue weighted by Crippen LogP contribution is 2.16. The Morgan fingerprint density at radius 3 is 2.34 bits per heavy atom. The van der Waals surface area contributed by atoms with Crippen LogP contribution in [0.2, 0.25) is 0 Å². The van der Waals surface area contributed by atoms with E-state index < -0.39 is 5.60 Å². The van der Waals surface area contributed by atoms with Crippen molar-refractivity contribution in [1.29, 1.82) is 0 Å². The fourth-order valence-corrected chi connectivity index (χ4v) is 3.25. The average molecular weight is 566 g/mol. The largest absolute Gasteiger partial charge is 0.444 e. The van der Waals surface area contributed by atoms with E-state index in [0.29, 0.717) is 12.5 Å². The number of guanidine groups is 1. The molecule has 0 spiro atoms. The molecule has 2 unspecified atom stereocenters. The summed E-state index contributed by atoms with van der Waals surface area (Å²) in [6.45, 7) is 11.3. The SMILES string of the molecule is CN=C(NCC(c1cnn(C)c1)N(C)C)N(C)CCC(NC(=O)OC(C)(C)C)C(C)C.I. The number of nitrogens with one attached hydrogen (secondary N) is 2. The van der Waals surface area contributed by atoms with Crippen LogP contribution in [0.1, 0.15) is 52.6 Å². The first-order chi connectivity index (χ1) is 14.3. The molecule has 1 rings (SSSR count). The normalized spacial score (nSPS) is 14.1. The van der Waals surface area contributed by atoms with Crippen molar-refractivity contribution in [3.63, 3.8) is 0 Å². The molecular weight excluding hydrogens is 521 g/mol. The first-order valence-corrected chi connectivity index (χ1v) is 10.9. The summed E-state index contributed by atoms with van der Waals surface area (Å²) in [6.07, 6.45) is 4.35. The molecule has 0 bridgehead atoms. The Morgan fingerprint density at radius 2 is 1.91 bits per heavy atom. The Balaban J connectivity index is 0.00000961. The second-order valence-electron chi connectivity index (χ2n) is 9.56. The number of ether oxygens (including phenoxy) is 1. The van der Waals surface area contributed by atoms with Gasteiger partial charge in [0.15, 0.2) is 5.96 Å². The van der Waals surface area contributed by atoms with Crippen molar-refractivity contribution in [1.82, 2.24) is 30.2 Å². The van der Waals surface area contributed by atoms with E-state index in [2.05, 4.69) is 58.5 Å². The highest BCUT2D eigenvalue weighted by Gasteiger charge is 2.22. The lowest BCUT2D eigenvalue weighted by Gasteiger charge is -2.30. The van der Waals surface area contributed by atoms with Gasteiger partial charge < -0.3 is 25.2 Å². The molecule has 0 saturated heterocycles. The standard InChI is InChI=1S/C22H43N7O2.HI/c1-16(2)18(26-21(30)31-22(3,4)5)11-12-28(9)20(23-6)24-14-19(27(7)8)17-13-25-29(10)15-17;/h13,15-16,18-19H,11-12,14H2,1-10H3,(H,23,24)(H,26,30);1H. The molecule has 10 heteroatoms. The molecule has 2 atom stereocenters. The molecule has 1 amide bonds. The van der Waals surface area contributed by atoms with Crippen molar-refractivity contribution in [2.45, 2.75) is 58.7 Å². The van der Waals surface area contributed by atoms with Gasteiger partial charge in [-0.15, -0.1) is 24.0 Å². The summed E-state index contributed by atoms with van der Waals surface area (Å²) in [5, 5.41) is 10.8. The number of aromatic nitrogens is 2. The lowest BCUT2D eigenvalue weighted by atomic mass is 10.0. The molecule has 0 saturated carbocycles. The van der Waals surface area contributed by atoms with Gasteiger partial charge in [0, 0.05) is 52.0 Å². The molecule has 186 valence electrons. The van der Waals surface area contributed by atoms with Crippen LogP contribution in [0.5, 0.6) is 0 Å². The highest BCUT2D eigenvalue weighted by molar-refractivity contribution is 14.0. The molecule has 0 fully saturated rings. The van der Waals surface area contributed by atoms with Crippen LogP contribution in [0.4, 0.5) is 4.79 Å². The van der Waals surface area contributed by atoms with Crippen LogP contribution in [0, 0.1) is 5.92 Å². The summed E-state index contributed by atoms with van der Waals surface area (Å²) in [6, 6.07) is 0.191. The minimum Gasteiger partial charge on any atom is -0.444 e. The quantitative estimate of drug-likeness (QED) is 0.272. The predicted octanol–water partition coefficient (Wildman–Crippen LogP) is 3.09. The van der Waals surface area contributed by atoms with Gasteiger partial charge in [0.1, 0.15) is 5.60 Å². The predicted molar refractivity (Wildman–Crippen MR) is 142 cm³/mol. The molecule has 1 aromatic rings. The van der Waals surface area contributed by atoms with E-state index in [9.17, 15) is 4.79 Å². The third-order valence-corrected chi connectivity index (χ3v) is 5.04. The van der Waals surface area contributed by atoms with E-state index in [-0.39, 0.29) is 42.2 Å². The zero-order valence-corrected chi connectivity index (χ0v) is 23.8. The maximum absolute atomic E-state index is 12.2. The first kappa shape index (κ1) is 30.4. The monoisotopic (exact) mass is 565 g/mol. The number of halogens is 1. The van der Waals surface area contributed by atoms with Crippen LogP contribution in [-0.4, -0.2) is 84.6 Å². The minimum atomic E-state index is -0.508. The Labute approximate surface area is 211 Å². The topological polar surface area (TPSA) is 87.0 Å². The van der Waals surface area contributed by atoms with Gasteiger partial charge in [-0.25, -0.2) is 4.79 Å². The van der Waals surface area contributed by atoms with E-state index in [1.807, 2.05) is 51.9 Å². The number of hydrogen-bond acceptors (Lipinski definition) is 5. The summed E-state index contributed by atoms with van der Waals surface area (Å²) < 4.78 is 7.23. The fourth-order valence-electron chi connectivity index (χ4n) is 3.25. The third kappa shape index (κ3) is 10.8. The second-order valence-corrected chi connectivity index (χ2v) is 9.56. The minimum absolute atomic E-state index is 0. The molecule has 1 heterocycles. The van der Waals surface area contributed by atoms with Crippen LogP contribution >= 0.6 is 24.0 Å². The summed E-state index contributed by atoms with van der Waals surface area (Å²) in [5.41, 5.74) is 0.644. The van der Waals surface area contributed by atoms with Gasteiger partial charge in [0.2, 0.25) is 0 Å². The van der Waals surface area contributed by atoms with Crippen molar-refractivity contribution in [2.75, 3.05) is 41.3 Å². The molecule has 0 aromatic carbocycles. The Morgan fingerprint density at radius 1 is 1.28 bits per heavy atom. The van der Waals surface area contributed by atoms with E-state index in [4.69, 9.17) is 4.74 Å². The van der Waals surface area contributed by atoms with Gasteiger partial charge >= 0.3 is 6.09 Å². The number of aliphatic imine (C=N–C) groups is 1. The number of alkyl carbamates (subject to hydrolysis) is 1. The van der Waals surface area contributed by atoms with E-state index >= 15 is 0 Å². The molecule has 0 radical (unpaired) electrons. The maximum Gasteiger partial charge on any atom is 0.407 e. The Hall–Kier alpha value is -1.56. The Kier molecular flexibility index (Phi) is 13.2. The molecule has 9 nitrogen and oxygen atoms in total. The number of amides is 1. The first-order valence-electron chi connectivity index (χ1n) is 10.9. The second kappa shape index (κ2) is 13.9. The van der Waals surface area contributed by atoms with Crippen LogP contribution in [0.3, 0.4) is 0 Å².